The smallest absolute Gasteiger partial charge is 0.338 e. The lowest BCUT2D eigenvalue weighted by atomic mass is 10.0. The number of carboxylic acid groups (broad SMARTS) is 3. The Balaban J connectivity index is 0.000000127. The van der Waals surface area contributed by atoms with Gasteiger partial charge in [0.1, 0.15) is 34.7 Å². The number of aryl methyl sites for hydroxylation is 8. The number of carbonyl (C=O) groups is 3. The predicted molar refractivity (Wildman–Crippen MR) is 509 cm³/mol. The molecule has 27 nitrogen and oxygen atoms in total. The van der Waals surface area contributed by atoms with E-state index in [2.05, 4.69) is 88.0 Å². The second-order valence-corrected chi connectivity index (χ2v) is 33.2. The van der Waals surface area contributed by atoms with Crippen molar-refractivity contribution in [2.75, 3.05) is 0 Å². The Morgan fingerprint density at radius 2 is 0.679 bits per heavy atom. The lowest BCUT2D eigenvalue weighted by Gasteiger charge is -2.15. The van der Waals surface area contributed by atoms with Gasteiger partial charge in [-0.15, -0.1) is 0 Å². The Bertz CT molecular complexity index is 7960. The maximum absolute atomic E-state index is 15.1. The summed E-state index contributed by atoms with van der Waals surface area (Å²) in [7, 11) is 0. The van der Waals surface area contributed by atoms with Gasteiger partial charge < -0.3 is 56.8 Å². The van der Waals surface area contributed by atoms with Gasteiger partial charge in [-0.2, -0.15) is 0 Å². The van der Waals surface area contributed by atoms with Gasteiger partial charge in [-0.25, -0.2) is 31.9 Å². The highest BCUT2D eigenvalue weighted by Crippen LogP contribution is 2.44. The molecule has 0 aliphatic heterocycles. The van der Waals surface area contributed by atoms with E-state index >= 15 is 8.78 Å². The van der Waals surface area contributed by atoms with Crippen LogP contribution < -0.4 is 0 Å². The zero-order valence-electron chi connectivity index (χ0n) is 76.1. The number of nitrogens with zero attached hydrogens (tertiary/aromatic N) is 16. The minimum absolute atomic E-state index is 0.000397. The standard InChI is InChI=1S/C28H26N4O2.C26H20F2N4O3.2C26H21FN4O3/c1-17(33)12-21-8-7-9-22(13-21)24-16-32(19(3)25-10-5-6-11-29-25)26-14-23(15-30-28(24)26)27-18(2)31-34-20(27)4;1-13-22(15(3)35-31-13)16-10-21-25(30-11-16)19(12-32(21)14(2)20-6-4-5-9-29-20)17-7-8-18(26(33)34)24(28)23(17)27;1-14-24(16(3)34-30-14)18-11-23-25(29-12-18)20(19-8-7-17(26(32)33)10-21(19)27)13-31(23)15(2)22-6-4-5-9-28-22;1-14-24(16(3)34-30-14)18-11-23-25(29-12-18)20(17-7-8-19(26(32)33)21(27)10-17)13-31(23)15(2)22-6-4-5-9-28-22/h5-11,13-16,19,33H,1,12H2,2-4H3;4-12,14H,1-3H3,(H,33,34);2*4-13,15H,1-3H3,(H,32,33)/t19-;14-;2*15-/m0000/s1. The van der Waals surface area contributed by atoms with E-state index in [-0.39, 0.29) is 52.2 Å². The summed E-state index contributed by atoms with van der Waals surface area (Å²) in [6.45, 7) is 26.7. The summed E-state index contributed by atoms with van der Waals surface area (Å²) in [6.07, 6.45) is 21.9. The van der Waals surface area contributed by atoms with E-state index in [0.717, 1.165) is 141 Å². The predicted octanol–water partition coefficient (Wildman–Crippen LogP) is 24.2. The molecule has 0 saturated carbocycles. The molecule has 4 atom stereocenters. The van der Waals surface area contributed by atoms with Gasteiger partial charge in [-0.05, 0) is 203 Å². The molecule has 20 rings (SSSR count). The molecule has 0 fully saturated rings. The highest BCUT2D eigenvalue weighted by Gasteiger charge is 2.30. The summed E-state index contributed by atoms with van der Waals surface area (Å²) in [5, 5.41) is 53.5. The van der Waals surface area contributed by atoms with Gasteiger partial charge in [0, 0.05) is 159 Å². The summed E-state index contributed by atoms with van der Waals surface area (Å²) >= 11 is 0. The molecule has 31 heteroatoms. The number of aliphatic hydroxyl groups is 1. The number of halogens is 4. The number of hydrogen-bond acceptors (Lipinski definition) is 20. The van der Waals surface area contributed by atoms with E-state index in [1.165, 1.54) is 30.3 Å². The molecule has 0 radical (unpaired) electrons. The van der Waals surface area contributed by atoms with Crippen LogP contribution in [0.25, 0.3) is 133 Å². The van der Waals surface area contributed by atoms with Gasteiger partial charge in [0.05, 0.1) is 136 Å². The Hall–Kier alpha value is -17.3. The highest BCUT2D eigenvalue weighted by molar-refractivity contribution is 6.01. The van der Waals surface area contributed by atoms with Crippen LogP contribution in [-0.4, -0.2) is 117 Å². The molecule has 16 aromatic heterocycles. The molecule has 0 amide bonds. The molecule has 4 N–H and O–H groups in total. The molecule has 0 saturated heterocycles. The van der Waals surface area contributed by atoms with Gasteiger partial charge in [-0.3, -0.25) is 39.9 Å². The average molecular weight is 1840 g/mol. The number of aliphatic hydroxyl groups excluding tert-OH is 1. The van der Waals surface area contributed by atoms with Crippen molar-refractivity contribution in [2.45, 2.75) is 114 Å². The maximum atomic E-state index is 15.1. The number of carboxylic acids is 3. The molecule has 0 unspecified atom stereocenters. The minimum atomic E-state index is -1.54. The Labute approximate surface area is 780 Å². The summed E-state index contributed by atoms with van der Waals surface area (Å²) < 4.78 is 88.7. The van der Waals surface area contributed by atoms with Crippen molar-refractivity contribution < 1.29 is 70.5 Å². The van der Waals surface area contributed by atoms with Crippen LogP contribution in [-0.2, 0) is 6.42 Å². The molecule has 686 valence electrons. The lowest BCUT2D eigenvalue weighted by molar-refractivity contribution is 0.0680. The van der Waals surface area contributed by atoms with Crippen molar-refractivity contribution in [1.82, 2.24) is 78.8 Å². The molecule has 0 aliphatic rings. The molecule has 4 aromatic carbocycles. The number of hydrogen-bond donors (Lipinski definition) is 4. The van der Waals surface area contributed by atoms with E-state index in [1.54, 1.807) is 49.4 Å². The third-order valence-corrected chi connectivity index (χ3v) is 24.4. The fourth-order valence-corrected chi connectivity index (χ4v) is 17.5. The van der Waals surface area contributed by atoms with Crippen molar-refractivity contribution in [3.8, 4) is 89.0 Å². The third kappa shape index (κ3) is 18.0. The zero-order valence-corrected chi connectivity index (χ0v) is 76.1. The van der Waals surface area contributed by atoms with Crippen LogP contribution in [0.15, 0.2) is 275 Å². The van der Waals surface area contributed by atoms with E-state index in [4.69, 9.17) is 38.2 Å². The first-order valence-corrected chi connectivity index (χ1v) is 43.5. The number of aromatic nitrogens is 16. The number of fused-ring (bicyclic) bond motifs is 4. The molecular weight excluding hydrogens is 1750 g/mol. The molecule has 16 heterocycles. The maximum Gasteiger partial charge on any atom is 0.338 e. The topological polar surface area (TPSA) is 359 Å². The Morgan fingerprint density at radius 3 is 1.00 bits per heavy atom. The number of aromatic carboxylic acids is 3. The van der Waals surface area contributed by atoms with Crippen LogP contribution in [0.2, 0.25) is 0 Å². The first-order valence-electron chi connectivity index (χ1n) is 43.5. The van der Waals surface area contributed by atoms with E-state index in [0.29, 0.717) is 73.7 Å². The van der Waals surface area contributed by atoms with Crippen LogP contribution in [0.1, 0.15) is 157 Å². The molecular formula is C106H88F4N16O11. The minimum Gasteiger partial charge on any atom is -0.513 e. The summed E-state index contributed by atoms with van der Waals surface area (Å²) in [4.78, 5) is 70.7. The average Bonchev–Trinajstić information content (AvgIpc) is 1.60. The first-order chi connectivity index (χ1) is 65.9. The van der Waals surface area contributed by atoms with Gasteiger partial charge in [0.25, 0.3) is 0 Å². The van der Waals surface area contributed by atoms with Gasteiger partial charge >= 0.3 is 17.9 Å². The first kappa shape index (κ1) is 91.6. The normalized spacial score (nSPS) is 12.2. The number of pyridine rings is 8. The van der Waals surface area contributed by atoms with E-state index in [1.807, 2.05) is 218 Å². The van der Waals surface area contributed by atoms with Crippen molar-refractivity contribution in [2.24, 2.45) is 0 Å². The lowest BCUT2D eigenvalue weighted by Crippen LogP contribution is -2.07. The van der Waals surface area contributed by atoms with Crippen LogP contribution in [0.5, 0.6) is 0 Å². The fraction of sp³-hybridized carbons (Fsp3) is 0.160. The zero-order chi connectivity index (χ0) is 96.6. The van der Waals surface area contributed by atoms with Crippen molar-refractivity contribution >= 4 is 62.0 Å². The summed E-state index contributed by atoms with van der Waals surface area (Å²) in [6, 6.07) is 48.9. The van der Waals surface area contributed by atoms with Crippen molar-refractivity contribution in [3.05, 3.63) is 371 Å². The van der Waals surface area contributed by atoms with E-state index < -0.39 is 46.7 Å². The van der Waals surface area contributed by atoms with E-state index in [9.17, 15) is 38.5 Å². The second kappa shape index (κ2) is 38.1. The second-order valence-electron chi connectivity index (χ2n) is 33.2. The molecule has 20 aromatic rings. The molecule has 137 heavy (non-hydrogen) atoms. The Kier molecular flexibility index (Phi) is 25.5. The van der Waals surface area contributed by atoms with Crippen molar-refractivity contribution in [1.29, 1.82) is 0 Å². The van der Waals surface area contributed by atoms with Crippen molar-refractivity contribution in [3.63, 3.8) is 0 Å². The van der Waals surface area contributed by atoms with Gasteiger partial charge in [0.2, 0.25) is 0 Å². The third-order valence-electron chi connectivity index (χ3n) is 24.4. The summed E-state index contributed by atoms with van der Waals surface area (Å²) in [5.41, 5.74) is 23.5. The monoisotopic (exact) mass is 1840 g/mol. The van der Waals surface area contributed by atoms with Crippen LogP contribution in [0.3, 0.4) is 0 Å². The molecule has 0 aliphatic carbocycles. The molecule has 0 bridgehead atoms. The van der Waals surface area contributed by atoms with Gasteiger partial charge in [-0.1, -0.05) is 93.9 Å². The van der Waals surface area contributed by atoms with Crippen LogP contribution >= 0.6 is 0 Å². The Morgan fingerprint density at radius 1 is 0.336 bits per heavy atom. The molecule has 0 spiro atoms. The van der Waals surface area contributed by atoms with Crippen LogP contribution in [0.4, 0.5) is 17.6 Å². The largest absolute Gasteiger partial charge is 0.513 e. The number of benzene rings is 4. The number of rotatable bonds is 21. The fourth-order valence-electron chi connectivity index (χ4n) is 17.5. The number of allylic oxidation sites excluding steroid dienone is 1. The SMILES string of the molecule is C=C(O)Cc1cccc(-c2cn([C@@H](C)c3ccccn3)c3cc(-c4c(C)noc4C)cnc23)c1.Cc1noc(C)c1-c1cnc2c(-c3ccc(C(=O)O)c(F)c3)cn([C@@H](C)c3ccccn3)c2c1.Cc1noc(C)c1-c1cnc2c(-c3ccc(C(=O)O)c(F)c3F)cn([C@@H](C)c3ccccn3)c2c1.Cc1noc(C)c1-c1cnc2c(-c3ccc(C(=O)O)cc3F)cn([C@@H](C)c3ccccn3)c2c1. The van der Waals surface area contributed by atoms with Gasteiger partial charge in [0.15, 0.2) is 11.6 Å². The highest BCUT2D eigenvalue weighted by atomic mass is 19.2. The quantitative estimate of drug-likeness (QED) is 0.0383. The summed E-state index contributed by atoms with van der Waals surface area (Å²) in [5.74, 6) is -5.18. The van der Waals surface area contributed by atoms with Crippen LogP contribution in [0, 0.1) is 78.7 Å².